The summed E-state index contributed by atoms with van der Waals surface area (Å²) in [7, 11) is 0. The van der Waals surface area contributed by atoms with E-state index in [9.17, 15) is 9.59 Å². The number of carbonyl (C=O) groups excluding carboxylic acids is 2. The maximum atomic E-state index is 13.0. The van der Waals surface area contributed by atoms with Crippen LogP contribution in [0.2, 0.25) is 0 Å². The number of carbonyl (C=O) groups is 2. The number of aryl methyl sites for hydroxylation is 1. The second-order valence-corrected chi connectivity index (χ2v) is 8.85. The third-order valence-corrected chi connectivity index (χ3v) is 6.33. The number of thiophene rings is 1. The van der Waals surface area contributed by atoms with Crippen LogP contribution in [0.4, 0.5) is 0 Å². The van der Waals surface area contributed by atoms with Crippen LogP contribution in [0.25, 0.3) is 0 Å². The first-order valence-electron chi connectivity index (χ1n) is 9.65. The van der Waals surface area contributed by atoms with Crippen LogP contribution in [0.15, 0.2) is 11.4 Å². The van der Waals surface area contributed by atoms with Gasteiger partial charge in [-0.1, -0.05) is 27.2 Å². The van der Waals surface area contributed by atoms with E-state index < -0.39 is 0 Å². The minimum absolute atomic E-state index is 0.0883. The molecule has 2 heterocycles. The van der Waals surface area contributed by atoms with Gasteiger partial charge in [0.15, 0.2) is 0 Å². The lowest BCUT2D eigenvalue weighted by atomic mass is 10.0. The van der Waals surface area contributed by atoms with Gasteiger partial charge in [-0.2, -0.15) is 0 Å². The fourth-order valence-electron chi connectivity index (χ4n) is 3.60. The highest BCUT2D eigenvalue weighted by molar-refractivity contribution is 7.10. The summed E-state index contributed by atoms with van der Waals surface area (Å²) in [5.74, 6) is 1.35. The van der Waals surface area contributed by atoms with E-state index in [1.165, 1.54) is 17.7 Å². The molecule has 0 radical (unpaired) electrons. The Morgan fingerprint density at radius 1 is 1.36 bits per heavy atom. The normalized spacial score (nSPS) is 21.8. The molecule has 138 valence electrons. The highest BCUT2D eigenvalue weighted by atomic mass is 32.1. The number of nitrogens with zero attached hydrogens (tertiary/aromatic N) is 2. The SMILES string of the molecule is CCCc1cc(C(=O)N2CCC(=O)N(CC3CC3)[C@H](C(C)C)C2)cs1. The molecule has 1 atom stereocenters. The first-order valence-corrected chi connectivity index (χ1v) is 10.5. The lowest BCUT2D eigenvalue weighted by molar-refractivity contribution is -0.133. The quantitative estimate of drug-likeness (QED) is 0.772. The molecule has 1 saturated carbocycles. The average Bonchev–Trinajstić information content (AvgIpc) is 3.31. The van der Waals surface area contributed by atoms with E-state index in [0.717, 1.165) is 24.9 Å². The van der Waals surface area contributed by atoms with E-state index >= 15 is 0 Å². The molecule has 5 heteroatoms. The molecule has 3 rings (SSSR count). The van der Waals surface area contributed by atoms with Crippen LogP contribution in [-0.4, -0.2) is 47.3 Å². The smallest absolute Gasteiger partial charge is 0.254 e. The Balaban J connectivity index is 1.74. The van der Waals surface area contributed by atoms with Gasteiger partial charge in [0.05, 0.1) is 11.6 Å². The highest BCUT2D eigenvalue weighted by Crippen LogP contribution is 2.32. The zero-order valence-electron chi connectivity index (χ0n) is 15.7. The molecular formula is C20H30N2O2S. The third kappa shape index (κ3) is 4.43. The van der Waals surface area contributed by atoms with Crippen molar-refractivity contribution in [2.24, 2.45) is 11.8 Å². The van der Waals surface area contributed by atoms with Crippen molar-refractivity contribution in [3.05, 3.63) is 21.9 Å². The van der Waals surface area contributed by atoms with Crippen LogP contribution >= 0.6 is 11.3 Å². The Labute approximate surface area is 155 Å². The van der Waals surface area contributed by atoms with Gasteiger partial charge in [-0.15, -0.1) is 11.3 Å². The maximum Gasteiger partial charge on any atom is 0.254 e. The van der Waals surface area contributed by atoms with Gasteiger partial charge in [0.1, 0.15) is 0 Å². The van der Waals surface area contributed by atoms with Crippen molar-refractivity contribution >= 4 is 23.2 Å². The zero-order chi connectivity index (χ0) is 18.0. The van der Waals surface area contributed by atoms with E-state index in [-0.39, 0.29) is 17.9 Å². The Hall–Kier alpha value is -1.36. The highest BCUT2D eigenvalue weighted by Gasteiger charge is 2.36. The molecule has 4 nitrogen and oxygen atoms in total. The lowest BCUT2D eigenvalue weighted by Crippen LogP contribution is -2.48. The van der Waals surface area contributed by atoms with E-state index in [2.05, 4.69) is 25.7 Å². The van der Waals surface area contributed by atoms with Gasteiger partial charge in [-0.3, -0.25) is 9.59 Å². The van der Waals surface area contributed by atoms with Gasteiger partial charge in [-0.25, -0.2) is 0 Å². The summed E-state index contributed by atoms with van der Waals surface area (Å²) in [6.45, 7) is 8.56. The standard InChI is InChI=1S/C20H30N2O2S/c1-4-5-17-10-16(13-25-17)20(24)21-9-8-19(23)22(11-15-6-7-15)18(12-21)14(2)3/h10,13-15,18H,4-9,11-12H2,1-3H3/t18-/m0/s1. The minimum atomic E-state index is 0.0883. The summed E-state index contributed by atoms with van der Waals surface area (Å²) in [5, 5.41) is 1.98. The van der Waals surface area contributed by atoms with Crippen LogP contribution in [0.1, 0.15) is 61.7 Å². The summed E-state index contributed by atoms with van der Waals surface area (Å²) in [6.07, 6.45) is 5.06. The molecule has 1 aliphatic heterocycles. The molecule has 2 fully saturated rings. The Morgan fingerprint density at radius 3 is 2.76 bits per heavy atom. The van der Waals surface area contributed by atoms with Crippen molar-refractivity contribution in [2.45, 2.75) is 58.9 Å². The molecule has 2 aliphatic rings. The number of amides is 2. The van der Waals surface area contributed by atoms with Crippen molar-refractivity contribution in [1.29, 1.82) is 0 Å². The monoisotopic (exact) mass is 362 g/mol. The van der Waals surface area contributed by atoms with Crippen LogP contribution in [-0.2, 0) is 11.2 Å². The molecule has 0 aromatic carbocycles. The predicted molar refractivity (Wildman–Crippen MR) is 102 cm³/mol. The van der Waals surface area contributed by atoms with Gasteiger partial charge < -0.3 is 9.80 Å². The zero-order valence-corrected chi connectivity index (χ0v) is 16.5. The van der Waals surface area contributed by atoms with Gasteiger partial charge >= 0.3 is 0 Å². The second-order valence-electron chi connectivity index (χ2n) is 7.85. The van der Waals surface area contributed by atoms with Crippen LogP contribution in [0, 0.1) is 11.8 Å². The van der Waals surface area contributed by atoms with Gasteiger partial charge in [0.25, 0.3) is 5.91 Å². The van der Waals surface area contributed by atoms with Crippen molar-refractivity contribution in [3.63, 3.8) is 0 Å². The third-order valence-electron chi connectivity index (χ3n) is 5.33. The van der Waals surface area contributed by atoms with Crippen LogP contribution < -0.4 is 0 Å². The molecule has 1 aliphatic carbocycles. The first kappa shape index (κ1) is 18.4. The van der Waals surface area contributed by atoms with Crippen molar-refractivity contribution in [2.75, 3.05) is 19.6 Å². The number of hydrogen-bond acceptors (Lipinski definition) is 3. The van der Waals surface area contributed by atoms with E-state index in [1.807, 2.05) is 16.3 Å². The molecule has 1 saturated heterocycles. The Bertz CT molecular complexity index is 621. The Morgan fingerprint density at radius 2 is 2.12 bits per heavy atom. The Kier molecular flexibility index (Phi) is 5.82. The molecule has 0 unspecified atom stereocenters. The van der Waals surface area contributed by atoms with Crippen LogP contribution in [0.3, 0.4) is 0 Å². The topological polar surface area (TPSA) is 40.6 Å². The lowest BCUT2D eigenvalue weighted by Gasteiger charge is -2.34. The van der Waals surface area contributed by atoms with E-state index in [0.29, 0.717) is 31.3 Å². The molecule has 0 bridgehead atoms. The second kappa shape index (κ2) is 7.90. The molecule has 25 heavy (non-hydrogen) atoms. The predicted octanol–water partition coefficient (Wildman–Crippen LogP) is 3.81. The molecule has 0 N–H and O–H groups in total. The van der Waals surface area contributed by atoms with E-state index in [1.54, 1.807) is 11.3 Å². The van der Waals surface area contributed by atoms with Crippen molar-refractivity contribution in [3.8, 4) is 0 Å². The largest absolute Gasteiger partial charge is 0.337 e. The average molecular weight is 363 g/mol. The first-order chi connectivity index (χ1) is 12.0. The number of hydrogen-bond donors (Lipinski definition) is 0. The summed E-state index contributed by atoms with van der Waals surface area (Å²) in [4.78, 5) is 30.9. The van der Waals surface area contributed by atoms with Crippen molar-refractivity contribution in [1.82, 2.24) is 9.80 Å². The summed E-state index contributed by atoms with van der Waals surface area (Å²) in [6, 6.07) is 2.17. The van der Waals surface area contributed by atoms with E-state index in [4.69, 9.17) is 0 Å². The summed E-state index contributed by atoms with van der Waals surface area (Å²) >= 11 is 1.67. The van der Waals surface area contributed by atoms with Gasteiger partial charge in [0, 0.05) is 36.3 Å². The summed E-state index contributed by atoms with van der Waals surface area (Å²) < 4.78 is 0. The van der Waals surface area contributed by atoms with Crippen molar-refractivity contribution < 1.29 is 9.59 Å². The van der Waals surface area contributed by atoms with Crippen LogP contribution in [0.5, 0.6) is 0 Å². The fraction of sp³-hybridized carbons (Fsp3) is 0.700. The number of rotatable bonds is 6. The fourth-order valence-corrected chi connectivity index (χ4v) is 4.56. The molecular weight excluding hydrogens is 332 g/mol. The molecule has 1 aromatic heterocycles. The maximum absolute atomic E-state index is 13.0. The van der Waals surface area contributed by atoms with Gasteiger partial charge in [-0.05, 0) is 37.2 Å². The molecule has 1 aromatic rings. The molecule has 0 spiro atoms. The summed E-state index contributed by atoms with van der Waals surface area (Å²) in [5.41, 5.74) is 0.791. The minimum Gasteiger partial charge on any atom is -0.337 e. The van der Waals surface area contributed by atoms with Gasteiger partial charge in [0.2, 0.25) is 5.91 Å². The molecule has 2 amide bonds.